The van der Waals surface area contributed by atoms with E-state index in [-0.39, 0.29) is 5.91 Å². The van der Waals surface area contributed by atoms with Crippen LogP contribution in [0.25, 0.3) is 11.1 Å². The van der Waals surface area contributed by atoms with Gasteiger partial charge in [-0.2, -0.15) is 0 Å². The number of benzene rings is 2. The first-order valence-electron chi connectivity index (χ1n) is 9.36. The van der Waals surface area contributed by atoms with E-state index in [1.807, 2.05) is 51.9 Å². The Bertz CT molecular complexity index is 1170. The third kappa shape index (κ3) is 3.00. The maximum Gasteiger partial charge on any atom is 0.270 e. The Morgan fingerprint density at radius 2 is 1.89 bits per heavy atom. The summed E-state index contributed by atoms with van der Waals surface area (Å²) in [5, 5.41) is 0.689. The molecule has 2 aromatic carbocycles. The SMILES string of the molecule is O=C(c1cc2occc2n1Cc1cccc(Cl)c1)N1CCc2ccccc2C1. The van der Waals surface area contributed by atoms with Crippen molar-refractivity contribution >= 4 is 28.6 Å². The molecule has 1 aliphatic rings. The molecule has 0 saturated carbocycles. The van der Waals surface area contributed by atoms with Gasteiger partial charge in [0, 0.05) is 36.8 Å². The Labute approximate surface area is 167 Å². The van der Waals surface area contributed by atoms with Crippen LogP contribution in [0.1, 0.15) is 27.2 Å². The molecular weight excluding hydrogens is 372 g/mol. The molecule has 1 amide bonds. The zero-order chi connectivity index (χ0) is 19.1. The van der Waals surface area contributed by atoms with Gasteiger partial charge in [-0.25, -0.2) is 0 Å². The van der Waals surface area contributed by atoms with Crippen molar-refractivity contribution in [1.29, 1.82) is 0 Å². The van der Waals surface area contributed by atoms with E-state index in [0.717, 1.165) is 29.6 Å². The van der Waals surface area contributed by atoms with E-state index in [0.29, 0.717) is 23.8 Å². The summed E-state index contributed by atoms with van der Waals surface area (Å²) in [6, 6.07) is 19.8. The van der Waals surface area contributed by atoms with E-state index in [4.69, 9.17) is 16.0 Å². The van der Waals surface area contributed by atoms with E-state index in [9.17, 15) is 4.79 Å². The zero-order valence-corrected chi connectivity index (χ0v) is 16.0. The molecule has 0 saturated heterocycles. The van der Waals surface area contributed by atoms with E-state index < -0.39 is 0 Å². The maximum absolute atomic E-state index is 13.4. The largest absolute Gasteiger partial charge is 0.463 e. The molecule has 0 bridgehead atoms. The topological polar surface area (TPSA) is 38.4 Å². The lowest BCUT2D eigenvalue weighted by Crippen LogP contribution is -2.37. The number of aromatic nitrogens is 1. The minimum atomic E-state index is 0.0305. The van der Waals surface area contributed by atoms with Crippen molar-refractivity contribution in [2.75, 3.05) is 6.54 Å². The van der Waals surface area contributed by atoms with Crippen molar-refractivity contribution in [1.82, 2.24) is 9.47 Å². The summed E-state index contributed by atoms with van der Waals surface area (Å²) in [4.78, 5) is 15.3. The third-order valence-corrected chi connectivity index (χ3v) is 5.62. The molecule has 140 valence electrons. The van der Waals surface area contributed by atoms with E-state index in [1.165, 1.54) is 11.1 Å². The monoisotopic (exact) mass is 390 g/mol. The van der Waals surface area contributed by atoms with Gasteiger partial charge in [-0.15, -0.1) is 0 Å². The summed E-state index contributed by atoms with van der Waals surface area (Å²) in [5.74, 6) is 0.0305. The Balaban J connectivity index is 1.50. The lowest BCUT2D eigenvalue weighted by atomic mass is 10.00. The van der Waals surface area contributed by atoms with E-state index in [2.05, 4.69) is 18.2 Å². The smallest absolute Gasteiger partial charge is 0.270 e. The Morgan fingerprint density at radius 3 is 2.75 bits per heavy atom. The van der Waals surface area contributed by atoms with E-state index in [1.54, 1.807) is 6.26 Å². The molecule has 28 heavy (non-hydrogen) atoms. The van der Waals surface area contributed by atoms with Crippen LogP contribution in [0, 0.1) is 0 Å². The Kier molecular flexibility index (Phi) is 4.21. The number of rotatable bonds is 3. The van der Waals surface area contributed by atoms with Crippen molar-refractivity contribution in [2.45, 2.75) is 19.5 Å². The van der Waals surface area contributed by atoms with Crippen LogP contribution >= 0.6 is 11.6 Å². The highest BCUT2D eigenvalue weighted by atomic mass is 35.5. The van der Waals surface area contributed by atoms with Gasteiger partial charge < -0.3 is 13.9 Å². The van der Waals surface area contributed by atoms with Crippen LogP contribution in [0.2, 0.25) is 5.02 Å². The molecule has 0 fully saturated rings. The highest BCUT2D eigenvalue weighted by Crippen LogP contribution is 2.26. The highest BCUT2D eigenvalue weighted by molar-refractivity contribution is 6.30. The second kappa shape index (κ2) is 6.88. The van der Waals surface area contributed by atoms with Gasteiger partial charge in [0.05, 0.1) is 11.8 Å². The number of amides is 1. The zero-order valence-electron chi connectivity index (χ0n) is 15.3. The van der Waals surface area contributed by atoms with Crippen molar-refractivity contribution in [3.05, 3.63) is 94.3 Å². The summed E-state index contributed by atoms with van der Waals surface area (Å²) in [7, 11) is 0. The van der Waals surface area contributed by atoms with Crippen molar-refractivity contribution in [3.8, 4) is 0 Å². The molecular formula is C23H19ClN2O2. The van der Waals surface area contributed by atoms with Gasteiger partial charge in [0.15, 0.2) is 5.58 Å². The molecule has 1 aliphatic heterocycles. The first kappa shape index (κ1) is 17.1. The predicted molar refractivity (Wildman–Crippen MR) is 110 cm³/mol. The first-order valence-corrected chi connectivity index (χ1v) is 9.74. The second-order valence-corrected chi connectivity index (χ2v) is 7.60. The maximum atomic E-state index is 13.4. The third-order valence-electron chi connectivity index (χ3n) is 5.39. The number of furan rings is 1. The fraction of sp³-hybridized carbons (Fsp3) is 0.174. The van der Waals surface area contributed by atoms with Gasteiger partial charge in [0.1, 0.15) is 5.69 Å². The van der Waals surface area contributed by atoms with Crippen LogP contribution in [-0.4, -0.2) is 21.9 Å². The molecule has 4 aromatic rings. The second-order valence-electron chi connectivity index (χ2n) is 7.16. The number of carbonyl (C=O) groups excluding carboxylic acids is 1. The normalized spacial score (nSPS) is 13.7. The van der Waals surface area contributed by atoms with E-state index >= 15 is 0 Å². The van der Waals surface area contributed by atoms with Gasteiger partial charge in [0.2, 0.25) is 0 Å². The molecule has 2 aromatic heterocycles. The minimum absolute atomic E-state index is 0.0305. The number of halogens is 1. The Hall–Kier alpha value is -2.98. The number of hydrogen-bond donors (Lipinski definition) is 0. The molecule has 3 heterocycles. The summed E-state index contributed by atoms with van der Waals surface area (Å²) in [6.07, 6.45) is 2.54. The van der Waals surface area contributed by atoms with Gasteiger partial charge in [-0.3, -0.25) is 4.79 Å². The molecule has 5 heteroatoms. The summed E-state index contributed by atoms with van der Waals surface area (Å²) in [5.41, 5.74) is 5.88. The molecule has 0 unspecified atom stereocenters. The van der Waals surface area contributed by atoms with Crippen molar-refractivity contribution < 1.29 is 9.21 Å². The van der Waals surface area contributed by atoms with Crippen LogP contribution < -0.4 is 0 Å². The number of nitrogens with zero attached hydrogens (tertiary/aromatic N) is 2. The minimum Gasteiger partial charge on any atom is -0.463 e. The lowest BCUT2D eigenvalue weighted by Gasteiger charge is -2.29. The fourth-order valence-corrected chi connectivity index (χ4v) is 4.19. The average Bonchev–Trinajstić information content (AvgIpc) is 3.30. The fourth-order valence-electron chi connectivity index (χ4n) is 3.97. The van der Waals surface area contributed by atoms with Crippen LogP contribution in [0.3, 0.4) is 0 Å². The number of fused-ring (bicyclic) bond motifs is 2. The molecule has 0 N–H and O–H groups in total. The highest BCUT2D eigenvalue weighted by Gasteiger charge is 2.25. The molecule has 5 rings (SSSR count). The van der Waals surface area contributed by atoms with Gasteiger partial charge >= 0.3 is 0 Å². The summed E-state index contributed by atoms with van der Waals surface area (Å²) >= 11 is 6.15. The lowest BCUT2D eigenvalue weighted by molar-refractivity contribution is 0.0724. The standard InChI is InChI=1S/C23H19ClN2O2/c24-19-7-3-4-16(12-19)14-26-20-9-11-28-22(20)13-21(26)23(27)25-10-8-17-5-1-2-6-18(17)15-25/h1-7,9,11-13H,8,10,14-15H2. The van der Waals surface area contributed by atoms with Crippen molar-refractivity contribution in [2.24, 2.45) is 0 Å². The average molecular weight is 391 g/mol. The quantitative estimate of drug-likeness (QED) is 0.486. The summed E-state index contributed by atoms with van der Waals surface area (Å²) in [6.45, 7) is 1.92. The predicted octanol–water partition coefficient (Wildman–Crippen LogP) is 5.13. The van der Waals surface area contributed by atoms with Crippen LogP contribution in [0.4, 0.5) is 0 Å². The Morgan fingerprint density at radius 1 is 1.04 bits per heavy atom. The van der Waals surface area contributed by atoms with Crippen LogP contribution in [0.15, 0.2) is 71.3 Å². The molecule has 0 atom stereocenters. The van der Waals surface area contributed by atoms with Gasteiger partial charge in [0.25, 0.3) is 5.91 Å². The number of carbonyl (C=O) groups is 1. The molecule has 0 radical (unpaired) electrons. The van der Waals surface area contributed by atoms with Crippen molar-refractivity contribution in [3.63, 3.8) is 0 Å². The molecule has 4 nitrogen and oxygen atoms in total. The molecule has 0 aliphatic carbocycles. The number of hydrogen-bond acceptors (Lipinski definition) is 2. The van der Waals surface area contributed by atoms with Crippen LogP contribution in [-0.2, 0) is 19.5 Å². The first-order chi connectivity index (χ1) is 13.7. The van der Waals surface area contributed by atoms with Gasteiger partial charge in [-0.05, 0) is 35.2 Å². The summed E-state index contributed by atoms with van der Waals surface area (Å²) < 4.78 is 7.60. The van der Waals surface area contributed by atoms with Crippen LogP contribution in [0.5, 0.6) is 0 Å². The van der Waals surface area contributed by atoms with Gasteiger partial charge in [-0.1, -0.05) is 48.0 Å². The molecule has 0 spiro atoms.